The summed E-state index contributed by atoms with van der Waals surface area (Å²) < 4.78 is 10.6. The fourth-order valence-corrected chi connectivity index (χ4v) is 3.27. The van der Waals surface area contributed by atoms with Gasteiger partial charge in [-0.25, -0.2) is 9.78 Å². The van der Waals surface area contributed by atoms with Gasteiger partial charge in [0.1, 0.15) is 11.6 Å². The van der Waals surface area contributed by atoms with Gasteiger partial charge in [0.15, 0.2) is 0 Å². The maximum Gasteiger partial charge on any atom is 0.315 e. The Morgan fingerprint density at radius 3 is 2.68 bits per heavy atom. The zero-order chi connectivity index (χ0) is 19.8. The lowest BCUT2D eigenvalue weighted by atomic mass is 10.0. The summed E-state index contributed by atoms with van der Waals surface area (Å²) in [5.41, 5.74) is 2.05. The van der Waals surface area contributed by atoms with Crippen LogP contribution in [0.4, 0.5) is 10.6 Å². The summed E-state index contributed by atoms with van der Waals surface area (Å²) in [5, 5.41) is 6.01. The van der Waals surface area contributed by atoms with Crippen LogP contribution in [0.1, 0.15) is 30.5 Å². The van der Waals surface area contributed by atoms with Crippen molar-refractivity contribution in [2.75, 3.05) is 38.3 Å². The first-order chi connectivity index (χ1) is 13.7. The van der Waals surface area contributed by atoms with E-state index in [0.29, 0.717) is 19.8 Å². The van der Waals surface area contributed by atoms with Crippen LogP contribution in [0.15, 0.2) is 42.6 Å². The first-order valence-electron chi connectivity index (χ1n) is 9.66. The van der Waals surface area contributed by atoms with Gasteiger partial charge in [0.05, 0.1) is 26.4 Å². The number of amides is 2. The van der Waals surface area contributed by atoms with Gasteiger partial charge in [0.25, 0.3) is 0 Å². The molecule has 0 saturated carbocycles. The van der Waals surface area contributed by atoms with Crippen LogP contribution < -0.4 is 20.3 Å². The van der Waals surface area contributed by atoms with Gasteiger partial charge in [-0.05, 0) is 30.2 Å². The highest BCUT2D eigenvalue weighted by Crippen LogP contribution is 2.21. The number of pyridine rings is 1. The van der Waals surface area contributed by atoms with Crippen molar-refractivity contribution in [3.8, 4) is 5.75 Å². The average molecular weight is 384 g/mol. The normalized spacial score (nSPS) is 15.0. The van der Waals surface area contributed by atoms with Gasteiger partial charge >= 0.3 is 6.03 Å². The quantitative estimate of drug-likeness (QED) is 0.768. The Morgan fingerprint density at radius 1 is 1.25 bits per heavy atom. The van der Waals surface area contributed by atoms with E-state index < -0.39 is 0 Å². The number of hydrogen-bond donors (Lipinski definition) is 2. The minimum Gasteiger partial charge on any atom is -0.497 e. The number of nitrogens with one attached hydrogen (secondary N) is 2. The van der Waals surface area contributed by atoms with E-state index in [9.17, 15) is 4.79 Å². The van der Waals surface area contributed by atoms with Crippen LogP contribution in [0, 0.1) is 0 Å². The standard InChI is InChI=1S/C21H28N4O3/c1-3-19(16-6-8-18(27-2)9-7-16)24-21(26)23-15-17-5-4-10-22-20(17)25-11-13-28-14-12-25/h4-10,19H,3,11-15H2,1-2H3,(H2,23,24,26). The molecule has 2 heterocycles. The summed E-state index contributed by atoms with van der Waals surface area (Å²) in [6, 6.07) is 11.4. The number of hydrogen-bond acceptors (Lipinski definition) is 5. The minimum absolute atomic E-state index is 0.0569. The van der Waals surface area contributed by atoms with Gasteiger partial charge < -0.3 is 25.0 Å². The summed E-state index contributed by atoms with van der Waals surface area (Å²) in [6.07, 6.45) is 2.58. The number of anilines is 1. The Labute approximate surface area is 166 Å². The highest BCUT2D eigenvalue weighted by atomic mass is 16.5. The third kappa shape index (κ3) is 5.13. The fraction of sp³-hybridized carbons (Fsp3) is 0.429. The molecule has 1 aromatic carbocycles. The van der Waals surface area contributed by atoms with Crippen LogP contribution in [-0.2, 0) is 11.3 Å². The highest BCUT2D eigenvalue weighted by molar-refractivity contribution is 5.74. The van der Waals surface area contributed by atoms with E-state index in [0.717, 1.165) is 42.2 Å². The molecule has 7 heteroatoms. The zero-order valence-electron chi connectivity index (χ0n) is 16.5. The molecule has 0 aliphatic carbocycles. The van der Waals surface area contributed by atoms with Crippen LogP contribution in [0.5, 0.6) is 5.75 Å². The number of rotatable bonds is 7. The minimum atomic E-state index is -0.195. The lowest BCUT2D eigenvalue weighted by molar-refractivity contribution is 0.122. The van der Waals surface area contributed by atoms with E-state index in [-0.39, 0.29) is 12.1 Å². The smallest absolute Gasteiger partial charge is 0.315 e. The topological polar surface area (TPSA) is 75.7 Å². The molecule has 1 aromatic heterocycles. The number of methoxy groups -OCH3 is 1. The lowest BCUT2D eigenvalue weighted by Gasteiger charge is -2.29. The molecule has 0 bridgehead atoms. The molecule has 0 spiro atoms. The molecule has 7 nitrogen and oxygen atoms in total. The summed E-state index contributed by atoms with van der Waals surface area (Å²) in [5.74, 6) is 1.71. The molecular formula is C21H28N4O3. The van der Waals surface area contributed by atoms with E-state index in [1.807, 2.05) is 43.3 Å². The van der Waals surface area contributed by atoms with Crippen LogP contribution >= 0.6 is 0 Å². The molecule has 28 heavy (non-hydrogen) atoms. The van der Waals surface area contributed by atoms with Crippen molar-refractivity contribution in [3.05, 3.63) is 53.7 Å². The van der Waals surface area contributed by atoms with Crippen molar-refractivity contribution < 1.29 is 14.3 Å². The van der Waals surface area contributed by atoms with Crippen LogP contribution in [0.25, 0.3) is 0 Å². The zero-order valence-corrected chi connectivity index (χ0v) is 16.5. The van der Waals surface area contributed by atoms with Gasteiger partial charge in [0, 0.05) is 31.4 Å². The van der Waals surface area contributed by atoms with Crippen molar-refractivity contribution in [1.82, 2.24) is 15.6 Å². The summed E-state index contributed by atoms with van der Waals surface area (Å²) in [6.45, 7) is 5.49. The van der Waals surface area contributed by atoms with Crippen molar-refractivity contribution in [2.45, 2.75) is 25.9 Å². The van der Waals surface area contributed by atoms with E-state index in [1.54, 1.807) is 13.3 Å². The van der Waals surface area contributed by atoms with Gasteiger partial charge in [-0.15, -0.1) is 0 Å². The van der Waals surface area contributed by atoms with Crippen LogP contribution in [0.3, 0.4) is 0 Å². The number of carbonyl (C=O) groups is 1. The molecular weight excluding hydrogens is 356 g/mol. The van der Waals surface area contributed by atoms with Gasteiger partial charge in [-0.2, -0.15) is 0 Å². The number of morpholine rings is 1. The second kappa shape index (κ2) is 9.94. The second-order valence-electron chi connectivity index (χ2n) is 6.65. The molecule has 1 saturated heterocycles. The van der Waals surface area contributed by atoms with Crippen molar-refractivity contribution >= 4 is 11.8 Å². The SMILES string of the molecule is CCC(NC(=O)NCc1cccnc1N1CCOCC1)c1ccc(OC)cc1. The molecule has 1 unspecified atom stereocenters. The third-order valence-corrected chi connectivity index (χ3v) is 4.85. The number of aromatic nitrogens is 1. The van der Waals surface area contributed by atoms with Gasteiger partial charge in [-0.3, -0.25) is 0 Å². The van der Waals surface area contributed by atoms with Crippen molar-refractivity contribution in [1.29, 1.82) is 0 Å². The van der Waals surface area contributed by atoms with E-state index in [2.05, 4.69) is 20.5 Å². The predicted molar refractivity (Wildman–Crippen MR) is 109 cm³/mol. The van der Waals surface area contributed by atoms with Crippen molar-refractivity contribution in [3.63, 3.8) is 0 Å². The fourth-order valence-electron chi connectivity index (χ4n) is 3.27. The molecule has 1 aliphatic rings. The number of nitrogens with zero attached hydrogens (tertiary/aromatic N) is 2. The number of benzene rings is 1. The van der Waals surface area contributed by atoms with E-state index in [4.69, 9.17) is 9.47 Å². The predicted octanol–water partition coefficient (Wildman–Crippen LogP) is 2.88. The molecule has 2 amide bonds. The molecule has 2 N–H and O–H groups in total. The van der Waals surface area contributed by atoms with Crippen LogP contribution in [-0.4, -0.2) is 44.4 Å². The first-order valence-corrected chi connectivity index (χ1v) is 9.66. The Morgan fingerprint density at radius 2 is 2.00 bits per heavy atom. The average Bonchev–Trinajstić information content (AvgIpc) is 2.77. The summed E-state index contributed by atoms with van der Waals surface area (Å²) in [4.78, 5) is 19.2. The molecule has 2 aromatic rings. The Balaban J connectivity index is 1.59. The maximum absolute atomic E-state index is 12.5. The van der Waals surface area contributed by atoms with Gasteiger partial charge in [0.2, 0.25) is 0 Å². The lowest BCUT2D eigenvalue weighted by Crippen LogP contribution is -2.39. The van der Waals surface area contributed by atoms with E-state index in [1.165, 1.54) is 0 Å². The Kier molecular flexibility index (Phi) is 7.08. The summed E-state index contributed by atoms with van der Waals surface area (Å²) >= 11 is 0. The first kappa shape index (κ1) is 19.9. The van der Waals surface area contributed by atoms with Crippen molar-refractivity contribution in [2.24, 2.45) is 0 Å². The molecule has 150 valence electrons. The number of urea groups is 1. The van der Waals surface area contributed by atoms with E-state index >= 15 is 0 Å². The van der Waals surface area contributed by atoms with Gasteiger partial charge in [-0.1, -0.05) is 25.1 Å². The number of ether oxygens (including phenoxy) is 2. The second-order valence-corrected chi connectivity index (χ2v) is 6.65. The largest absolute Gasteiger partial charge is 0.497 e. The molecule has 0 radical (unpaired) electrons. The summed E-state index contributed by atoms with van der Waals surface area (Å²) in [7, 11) is 1.64. The molecule has 1 aliphatic heterocycles. The molecule has 1 fully saturated rings. The third-order valence-electron chi connectivity index (χ3n) is 4.85. The van der Waals surface area contributed by atoms with Crippen LogP contribution in [0.2, 0.25) is 0 Å². The molecule has 3 rings (SSSR count). The molecule has 1 atom stereocenters. The Hall–Kier alpha value is -2.80. The Bertz CT molecular complexity index is 761. The number of carbonyl (C=O) groups excluding carboxylic acids is 1. The maximum atomic E-state index is 12.5. The highest BCUT2D eigenvalue weighted by Gasteiger charge is 2.17. The monoisotopic (exact) mass is 384 g/mol.